The van der Waals surface area contributed by atoms with Gasteiger partial charge in [-0.3, -0.25) is 4.72 Å². The van der Waals surface area contributed by atoms with E-state index in [9.17, 15) is 8.42 Å². The Labute approximate surface area is 120 Å². The monoisotopic (exact) mass is 349 g/mol. The summed E-state index contributed by atoms with van der Waals surface area (Å²) < 4.78 is 26.6. The quantitative estimate of drug-likeness (QED) is 0.327. The smallest absolute Gasteiger partial charge is 0.233 e. The highest BCUT2D eigenvalue weighted by Crippen LogP contribution is 2.25. The third-order valence-corrected chi connectivity index (χ3v) is 4.48. The van der Waals surface area contributed by atoms with E-state index in [2.05, 4.69) is 25.8 Å². The zero-order valence-corrected chi connectivity index (χ0v) is 13.0. The first-order valence-corrected chi connectivity index (χ1v) is 7.97. The summed E-state index contributed by atoms with van der Waals surface area (Å²) in [6.07, 6.45) is 0. The molecule has 106 valence electrons. The molecule has 0 saturated heterocycles. The number of sulfonamides is 1. The van der Waals surface area contributed by atoms with Gasteiger partial charge in [-0.1, -0.05) is 19.0 Å². The highest BCUT2D eigenvalue weighted by atomic mass is 79.9. The van der Waals surface area contributed by atoms with E-state index in [0.717, 1.165) is 0 Å². The van der Waals surface area contributed by atoms with Crippen LogP contribution in [-0.4, -0.2) is 25.2 Å². The molecule has 0 heterocycles. The van der Waals surface area contributed by atoms with Gasteiger partial charge in [-0.2, -0.15) is 0 Å². The van der Waals surface area contributed by atoms with Gasteiger partial charge in [-0.05, 0) is 40.0 Å². The molecular formula is C11H16BrN3O3S. The summed E-state index contributed by atoms with van der Waals surface area (Å²) >= 11 is 3.24. The number of benzene rings is 1. The minimum Gasteiger partial charge on any atom is -0.409 e. The van der Waals surface area contributed by atoms with E-state index in [-0.39, 0.29) is 17.5 Å². The predicted molar refractivity (Wildman–Crippen MR) is 78.9 cm³/mol. The van der Waals surface area contributed by atoms with Crippen molar-refractivity contribution < 1.29 is 13.6 Å². The van der Waals surface area contributed by atoms with Crippen molar-refractivity contribution >= 4 is 37.5 Å². The molecule has 6 nitrogen and oxygen atoms in total. The fraction of sp³-hybridized carbons (Fsp3) is 0.364. The van der Waals surface area contributed by atoms with Crippen molar-refractivity contribution in [3.8, 4) is 0 Å². The summed E-state index contributed by atoms with van der Waals surface area (Å²) in [5.41, 5.74) is 6.35. The highest BCUT2D eigenvalue weighted by Gasteiger charge is 2.15. The molecule has 8 heteroatoms. The SMILES string of the molecule is CC(C)CS(=O)(=O)Nc1ccc(/C(N)=N/O)cc1Br. The lowest BCUT2D eigenvalue weighted by atomic mass is 10.2. The van der Waals surface area contributed by atoms with Gasteiger partial charge in [0.05, 0.1) is 11.4 Å². The standard InChI is InChI=1S/C11H16BrN3O3S/c1-7(2)6-19(17,18)15-10-4-3-8(5-9(10)12)11(13)14-16/h3-5,7,15-16H,6H2,1-2H3,(H2,13,14). The van der Waals surface area contributed by atoms with E-state index in [1.54, 1.807) is 18.2 Å². The summed E-state index contributed by atoms with van der Waals surface area (Å²) in [6.45, 7) is 3.66. The van der Waals surface area contributed by atoms with Crippen LogP contribution in [-0.2, 0) is 10.0 Å². The van der Waals surface area contributed by atoms with Crippen LogP contribution in [0, 0.1) is 5.92 Å². The molecule has 0 aliphatic heterocycles. The average Bonchev–Trinajstić information content (AvgIpc) is 2.28. The topological polar surface area (TPSA) is 105 Å². The third kappa shape index (κ3) is 4.71. The Balaban J connectivity index is 2.99. The highest BCUT2D eigenvalue weighted by molar-refractivity contribution is 9.10. The van der Waals surface area contributed by atoms with Crippen LogP contribution in [0.1, 0.15) is 19.4 Å². The molecule has 0 aromatic heterocycles. The third-order valence-electron chi connectivity index (χ3n) is 2.19. The molecule has 1 rings (SSSR count). The number of nitrogens with zero attached hydrogens (tertiary/aromatic N) is 1. The maximum atomic E-state index is 11.8. The molecule has 19 heavy (non-hydrogen) atoms. The number of nitrogens with two attached hydrogens (primary N) is 1. The van der Waals surface area contributed by atoms with Crippen LogP contribution < -0.4 is 10.5 Å². The number of nitrogens with one attached hydrogen (secondary N) is 1. The van der Waals surface area contributed by atoms with Crippen molar-refractivity contribution in [3.63, 3.8) is 0 Å². The molecule has 0 radical (unpaired) electrons. The van der Waals surface area contributed by atoms with E-state index in [0.29, 0.717) is 15.7 Å². The average molecular weight is 350 g/mol. The van der Waals surface area contributed by atoms with Crippen molar-refractivity contribution in [1.29, 1.82) is 0 Å². The van der Waals surface area contributed by atoms with Crippen LogP contribution in [0.15, 0.2) is 27.8 Å². The molecule has 0 unspecified atom stereocenters. The first-order valence-electron chi connectivity index (χ1n) is 5.53. The van der Waals surface area contributed by atoms with Crippen LogP contribution in [0.2, 0.25) is 0 Å². The van der Waals surface area contributed by atoms with Crippen molar-refractivity contribution in [2.24, 2.45) is 16.8 Å². The fourth-order valence-electron chi connectivity index (χ4n) is 1.46. The Bertz CT molecular complexity index is 585. The van der Waals surface area contributed by atoms with Gasteiger partial charge in [0.15, 0.2) is 5.84 Å². The minimum absolute atomic E-state index is 0.0349. The normalized spacial score (nSPS) is 12.7. The Morgan fingerprint density at radius 1 is 1.53 bits per heavy atom. The predicted octanol–water partition coefficient (Wildman–Crippen LogP) is 1.94. The van der Waals surface area contributed by atoms with Gasteiger partial charge in [0.1, 0.15) is 0 Å². The number of oxime groups is 1. The zero-order valence-electron chi connectivity index (χ0n) is 10.6. The lowest BCUT2D eigenvalue weighted by molar-refractivity contribution is 0.318. The first-order chi connectivity index (χ1) is 8.75. The number of amidine groups is 1. The van der Waals surface area contributed by atoms with E-state index in [1.165, 1.54) is 0 Å². The Morgan fingerprint density at radius 2 is 2.16 bits per heavy atom. The Morgan fingerprint density at radius 3 is 2.63 bits per heavy atom. The maximum absolute atomic E-state index is 11.8. The molecule has 0 fully saturated rings. The molecule has 0 spiro atoms. The van der Waals surface area contributed by atoms with Gasteiger partial charge in [0.2, 0.25) is 10.0 Å². The molecular weight excluding hydrogens is 334 g/mol. The second-order valence-electron chi connectivity index (χ2n) is 4.46. The summed E-state index contributed by atoms with van der Waals surface area (Å²) in [7, 11) is -3.39. The van der Waals surface area contributed by atoms with Gasteiger partial charge in [0, 0.05) is 10.0 Å². The van der Waals surface area contributed by atoms with Gasteiger partial charge < -0.3 is 10.9 Å². The Kier molecular flexibility index (Phi) is 5.19. The van der Waals surface area contributed by atoms with Crippen molar-refractivity contribution in [1.82, 2.24) is 0 Å². The van der Waals surface area contributed by atoms with E-state index in [4.69, 9.17) is 10.9 Å². The molecule has 0 bridgehead atoms. The number of hydrogen-bond donors (Lipinski definition) is 3. The summed E-state index contributed by atoms with van der Waals surface area (Å²) in [4.78, 5) is 0. The molecule has 4 N–H and O–H groups in total. The molecule has 0 atom stereocenters. The summed E-state index contributed by atoms with van der Waals surface area (Å²) in [6, 6.07) is 4.69. The molecule has 1 aromatic rings. The largest absolute Gasteiger partial charge is 0.409 e. The summed E-state index contributed by atoms with van der Waals surface area (Å²) in [5, 5.41) is 11.4. The lowest BCUT2D eigenvalue weighted by Crippen LogP contribution is -2.20. The molecule has 0 saturated carbocycles. The van der Waals surface area contributed by atoms with Crippen molar-refractivity contribution in [3.05, 3.63) is 28.2 Å². The van der Waals surface area contributed by atoms with E-state index in [1.807, 2.05) is 13.8 Å². The molecule has 0 aliphatic carbocycles. The van der Waals surface area contributed by atoms with Crippen LogP contribution in [0.4, 0.5) is 5.69 Å². The zero-order chi connectivity index (χ0) is 14.6. The van der Waals surface area contributed by atoms with Gasteiger partial charge in [-0.15, -0.1) is 0 Å². The van der Waals surface area contributed by atoms with Gasteiger partial charge in [-0.25, -0.2) is 8.42 Å². The second-order valence-corrected chi connectivity index (χ2v) is 7.08. The van der Waals surface area contributed by atoms with Crippen LogP contribution in [0.5, 0.6) is 0 Å². The number of rotatable bonds is 5. The first kappa shape index (κ1) is 15.8. The molecule has 1 aromatic carbocycles. The maximum Gasteiger partial charge on any atom is 0.233 e. The van der Waals surface area contributed by atoms with Gasteiger partial charge in [0.25, 0.3) is 0 Å². The fourth-order valence-corrected chi connectivity index (χ4v) is 3.55. The number of hydrogen-bond acceptors (Lipinski definition) is 4. The van der Waals surface area contributed by atoms with E-state index < -0.39 is 10.0 Å². The van der Waals surface area contributed by atoms with Crippen molar-refractivity contribution in [2.75, 3.05) is 10.5 Å². The van der Waals surface area contributed by atoms with Crippen molar-refractivity contribution in [2.45, 2.75) is 13.8 Å². The number of anilines is 1. The van der Waals surface area contributed by atoms with Crippen LogP contribution in [0.3, 0.4) is 0 Å². The Hall–Kier alpha value is -1.28. The number of halogens is 1. The lowest BCUT2D eigenvalue weighted by Gasteiger charge is -2.12. The summed E-state index contributed by atoms with van der Waals surface area (Å²) in [5.74, 6) is 0.0338. The minimum atomic E-state index is -3.39. The molecule has 0 amide bonds. The van der Waals surface area contributed by atoms with Crippen LogP contribution in [0.25, 0.3) is 0 Å². The van der Waals surface area contributed by atoms with Crippen LogP contribution >= 0.6 is 15.9 Å². The molecule has 0 aliphatic rings. The van der Waals surface area contributed by atoms with E-state index >= 15 is 0 Å². The van der Waals surface area contributed by atoms with Gasteiger partial charge >= 0.3 is 0 Å². The second kappa shape index (κ2) is 6.25.